The van der Waals surface area contributed by atoms with Crippen LogP contribution in [-0.4, -0.2) is 34.8 Å². The van der Waals surface area contributed by atoms with E-state index in [1.54, 1.807) is 18.3 Å². The first-order valence-electron chi connectivity index (χ1n) is 9.41. The molecule has 4 rings (SSSR count). The Labute approximate surface area is 176 Å². The standard InChI is InChI=1S/C21H20FN3O2S2/c22-16-5-3-14(4-6-16)12-17-13-23-21(29-17)24-19(26)15-7-9-25(10-8-15)20(27)18-2-1-11-28-18/h1-6,11,13,15H,7-10,12H2,(H,23,24,26). The highest BCUT2D eigenvalue weighted by Crippen LogP contribution is 2.25. The number of benzene rings is 1. The Hall–Kier alpha value is -2.58. The van der Waals surface area contributed by atoms with E-state index in [1.807, 2.05) is 22.4 Å². The first-order chi connectivity index (χ1) is 14.1. The molecule has 0 saturated carbocycles. The van der Waals surface area contributed by atoms with E-state index in [0.717, 1.165) is 15.3 Å². The maximum absolute atomic E-state index is 13.0. The number of nitrogens with zero attached hydrogens (tertiary/aromatic N) is 2. The number of nitrogens with one attached hydrogen (secondary N) is 1. The molecule has 0 unspecified atom stereocenters. The number of aromatic nitrogens is 1. The zero-order valence-corrected chi connectivity index (χ0v) is 17.3. The summed E-state index contributed by atoms with van der Waals surface area (Å²) in [5.41, 5.74) is 0.996. The van der Waals surface area contributed by atoms with E-state index in [2.05, 4.69) is 10.3 Å². The quantitative estimate of drug-likeness (QED) is 0.653. The van der Waals surface area contributed by atoms with Crippen molar-refractivity contribution < 1.29 is 14.0 Å². The van der Waals surface area contributed by atoms with Crippen molar-refractivity contribution >= 4 is 39.6 Å². The Balaban J connectivity index is 1.28. The molecular formula is C21H20FN3O2S2. The summed E-state index contributed by atoms with van der Waals surface area (Å²) in [6.07, 6.45) is 3.69. The fraction of sp³-hybridized carbons (Fsp3) is 0.286. The number of hydrogen-bond acceptors (Lipinski definition) is 5. The third-order valence-corrected chi connectivity index (χ3v) is 6.73. The predicted octanol–water partition coefficient (Wildman–Crippen LogP) is 4.43. The summed E-state index contributed by atoms with van der Waals surface area (Å²) in [6, 6.07) is 10.1. The van der Waals surface area contributed by atoms with Gasteiger partial charge in [0, 0.05) is 36.5 Å². The van der Waals surface area contributed by atoms with Gasteiger partial charge < -0.3 is 10.2 Å². The molecule has 3 aromatic rings. The molecule has 150 valence electrons. The average Bonchev–Trinajstić information content (AvgIpc) is 3.42. The second kappa shape index (κ2) is 8.84. The predicted molar refractivity (Wildman–Crippen MR) is 113 cm³/mol. The van der Waals surface area contributed by atoms with Gasteiger partial charge in [-0.25, -0.2) is 9.37 Å². The number of hydrogen-bond donors (Lipinski definition) is 1. The molecule has 0 spiro atoms. The maximum Gasteiger partial charge on any atom is 0.263 e. The molecule has 1 aliphatic heterocycles. The number of thiophene rings is 1. The Kier molecular flexibility index (Phi) is 6.01. The molecule has 0 radical (unpaired) electrons. The third-order valence-electron chi connectivity index (χ3n) is 4.96. The van der Waals surface area contributed by atoms with Crippen LogP contribution in [0.25, 0.3) is 0 Å². The summed E-state index contributed by atoms with van der Waals surface area (Å²) >= 11 is 2.87. The molecular weight excluding hydrogens is 409 g/mol. The van der Waals surface area contributed by atoms with Crippen LogP contribution in [-0.2, 0) is 11.2 Å². The fourth-order valence-corrected chi connectivity index (χ4v) is 4.90. The van der Waals surface area contributed by atoms with Crippen molar-refractivity contribution in [1.29, 1.82) is 0 Å². The van der Waals surface area contributed by atoms with Gasteiger partial charge in [0.1, 0.15) is 5.82 Å². The fourth-order valence-electron chi connectivity index (χ4n) is 3.36. The van der Waals surface area contributed by atoms with Crippen molar-refractivity contribution in [2.75, 3.05) is 18.4 Å². The Bertz CT molecular complexity index is 978. The van der Waals surface area contributed by atoms with Crippen LogP contribution in [0.15, 0.2) is 48.0 Å². The molecule has 1 fully saturated rings. The number of amides is 2. The van der Waals surface area contributed by atoms with Crippen LogP contribution < -0.4 is 5.32 Å². The van der Waals surface area contributed by atoms with Crippen molar-refractivity contribution in [2.24, 2.45) is 5.92 Å². The average molecular weight is 430 g/mol. The molecule has 1 aliphatic rings. The molecule has 0 aliphatic carbocycles. The summed E-state index contributed by atoms with van der Waals surface area (Å²) in [5.74, 6) is -0.374. The smallest absolute Gasteiger partial charge is 0.263 e. The van der Waals surface area contributed by atoms with E-state index in [1.165, 1.54) is 34.8 Å². The minimum absolute atomic E-state index is 0.0455. The Morgan fingerprint density at radius 3 is 2.62 bits per heavy atom. The molecule has 2 aromatic heterocycles. The lowest BCUT2D eigenvalue weighted by molar-refractivity contribution is -0.121. The summed E-state index contributed by atoms with van der Waals surface area (Å²) < 4.78 is 13.0. The van der Waals surface area contributed by atoms with Crippen LogP contribution in [0.3, 0.4) is 0 Å². The van der Waals surface area contributed by atoms with E-state index in [9.17, 15) is 14.0 Å². The lowest BCUT2D eigenvalue weighted by atomic mass is 9.96. The zero-order valence-electron chi connectivity index (χ0n) is 15.6. The maximum atomic E-state index is 13.0. The van der Waals surface area contributed by atoms with Crippen LogP contribution in [0.5, 0.6) is 0 Å². The van der Waals surface area contributed by atoms with Gasteiger partial charge in [0.2, 0.25) is 5.91 Å². The molecule has 5 nitrogen and oxygen atoms in total. The highest BCUT2D eigenvalue weighted by atomic mass is 32.1. The van der Waals surface area contributed by atoms with Gasteiger partial charge in [-0.1, -0.05) is 18.2 Å². The van der Waals surface area contributed by atoms with E-state index >= 15 is 0 Å². The third kappa shape index (κ3) is 4.89. The van der Waals surface area contributed by atoms with Gasteiger partial charge in [-0.2, -0.15) is 0 Å². The van der Waals surface area contributed by atoms with E-state index in [-0.39, 0.29) is 23.5 Å². The van der Waals surface area contributed by atoms with Crippen LogP contribution in [0.4, 0.5) is 9.52 Å². The molecule has 0 bridgehead atoms. The number of carbonyl (C=O) groups excluding carboxylic acids is 2. The molecule has 2 amide bonds. The number of anilines is 1. The number of likely N-dealkylation sites (tertiary alicyclic amines) is 1. The van der Waals surface area contributed by atoms with E-state index in [4.69, 9.17) is 0 Å². The zero-order chi connectivity index (χ0) is 20.2. The highest BCUT2D eigenvalue weighted by molar-refractivity contribution is 7.15. The highest BCUT2D eigenvalue weighted by Gasteiger charge is 2.28. The number of rotatable bonds is 5. The van der Waals surface area contributed by atoms with Gasteiger partial charge in [0.15, 0.2) is 5.13 Å². The number of piperidine rings is 1. The van der Waals surface area contributed by atoms with Crippen molar-refractivity contribution in [3.8, 4) is 0 Å². The van der Waals surface area contributed by atoms with Gasteiger partial charge in [-0.05, 0) is 42.0 Å². The van der Waals surface area contributed by atoms with Crippen LogP contribution in [0, 0.1) is 11.7 Å². The monoisotopic (exact) mass is 429 g/mol. The first-order valence-corrected chi connectivity index (χ1v) is 11.1. The molecule has 1 aromatic carbocycles. The molecule has 0 atom stereocenters. The number of halogens is 1. The summed E-state index contributed by atoms with van der Waals surface area (Å²) in [4.78, 5) is 32.9. The van der Waals surface area contributed by atoms with E-state index < -0.39 is 0 Å². The van der Waals surface area contributed by atoms with Gasteiger partial charge >= 0.3 is 0 Å². The van der Waals surface area contributed by atoms with Gasteiger partial charge in [-0.15, -0.1) is 22.7 Å². The Morgan fingerprint density at radius 2 is 1.93 bits per heavy atom. The minimum atomic E-state index is -0.255. The minimum Gasteiger partial charge on any atom is -0.338 e. The van der Waals surface area contributed by atoms with Crippen molar-refractivity contribution in [1.82, 2.24) is 9.88 Å². The molecule has 1 saturated heterocycles. The van der Waals surface area contributed by atoms with Crippen LogP contribution >= 0.6 is 22.7 Å². The summed E-state index contributed by atoms with van der Waals surface area (Å²) in [6.45, 7) is 1.17. The SMILES string of the molecule is O=C(Nc1ncc(Cc2ccc(F)cc2)s1)C1CCN(C(=O)c2cccs2)CC1. The van der Waals surface area contributed by atoms with Crippen LogP contribution in [0.2, 0.25) is 0 Å². The largest absolute Gasteiger partial charge is 0.338 e. The normalized spacial score (nSPS) is 14.7. The summed E-state index contributed by atoms with van der Waals surface area (Å²) in [5, 5.41) is 5.37. The lowest BCUT2D eigenvalue weighted by Crippen LogP contribution is -2.41. The van der Waals surface area contributed by atoms with Crippen molar-refractivity contribution in [3.63, 3.8) is 0 Å². The second-order valence-corrected chi connectivity index (χ2v) is 9.03. The van der Waals surface area contributed by atoms with Crippen molar-refractivity contribution in [2.45, 2.75) is 19.3 Å². The molecule has 3 heterocycles. The van der Waals surface area contributed by atoms with Crippen LogP contribution in [0.1, 0.15) is 33.0 Å². The first kappa shape index (κ1) is 19.7. The topological polar surface area (TPSA) is 62.3 Å². The molecule has 1 N–H and O–H groups in total. The summed E-state index contributed by atoms with van der Waals surface area (Å²) in [7, 11) is 0. The Morgan fingerprint density at radius 1 is 1.17 bits per heavy atom. The number of thiazole rings is 1. The van der Waals surface area contributed by atoms with Gasteiger partial charge in [-0.3, -0.25) is 9.59 Å². The number of carbonyl (C=O) groups is 2. The van der Waals surface area contributed by atoms with Gasteiger partial charge in [0.25, 0.3) is 5.91 Å². The molecule has 8 heteroatoms. The second-order valence-electron chi connectivity index (χ2n) is 6.97. The molecule has 29 heavy (non-hydrogen) atoms. The lowest BCUT2D eigenvalue weighted by Gasteiger charge is -2.30. The van der Waals surface area contributed by atoms with Crippen molar-refractivity contribution in [3.05, 3.63) is 69.1 Å². The van der Waals surface area contributed by atoms with E-state index in [0.29, 0.717) is 37.5 Å². The van der Waals surface area contributed by atoms with Gasteiger partial charge in [0.05, 0.1) is 4.88 Å².